The lowest BCUT2D eigenvalue weighted by Crippen LogP contribution is -2.08. The number of hydrogen-bond donors (Lipinski definition) is 1. The molecule has 0 spiro atoms. The Kier molecular flexibility index (Phi) is 8.10. The first-order valence-corrected chi connectivity index (χ1v) is 7.40. The summed E-state index contributed by atoms with van der Waals surface area (Å²) in [6.07, 6.45) is 6.48. The summed E-state index contributed by atoms with van der Waals surface area (Å²) in [5.74, 6) is -1.73. The van der Waals surface area contributed by atoms with E-state index in [1.807, 2.05) is 0 Å². The van der Waals surface area contributed by atoms with Gasteiger partial charge in [-0.15, -0.1) is 0 Å². The number of esters is 1. The molecule has 0 aliphatic rings. The van der Waals surface area contributed by atoms with Gasteiger partial charge >= 0.3 is 11.9 Å². The molecule has 1 aromatic rings. The molecule has 1 rings (SSSR count). The van der Waals surface area contributed by atoms with Gasteiger partial charge in [0, 0.05) is 17.6 Å². The third-order valence-electron chi connectivity index (χ3n) is 3.08. The maximum absolute atomic E-state index is 11.7. The van der Waals surface area contributed by atoms with E-state index in [2.05, 4.69) is 16.9 Å². The summed E-state index contributed by atoms with van der Waals surface area (Å²) in [6, 6.07) is 3.75. The van der Waals surface area contributed by atoms with Crippen LogP contribution in [0.25, 0.3) is 0 Å². The van der Waals surface area contributed by atoms with E-state index in [0.717, 1.165) is 38.2 Å². The van der Waals surface area contributed by atoms with Crippen LogP contribution in [-0.2, 0) is 9.59 Å². The highest BCUT2D eigenvalue weighted by Crippen LogP contribution is 2.25. The molecule has 0 amide bonds. The molecule has 0 aliphatic heterocycles. The number of carbonyl (C=O) groups excluding carboxylic acids is 2. The van der Waals surface area contributed by atoms with E-state index >= 15 is 0 Å². The second-order valence-corrected chi connectivity index (χ2v) is 4.88. The highest BCUT2D eigenvalue weighted by Gasteiger charge is 2.14. The number of carboxylic acid groups (broad SMARTS) is 1. The van der Waals surface area contributed by atoms with E-state index in [1.165, 1.54) is 18.2 Å². The number of aromatic carboxylic acids is 1. The van der Waals surface area contributed by atoms with Crippen LogP contribution in [0.15, 0.2) is 23.4 Å². The van der Waals surface area contributed by atoms with Gasteiger partial charge in [0.2, 0.25) is 0 Å². The zero-order valence-corrected chi connectivity index (χ0v) is 12.9. The minimum atomic E-state index is -1.25. The van der Waals surface area contributed by atoms with Crippen molar-refractivity contribution >= 4 is 18.0 Å². The second-order valence-electron chi connectivity index (χ2n) is 4.88. The number of ether oxygens (including phenoxy) is 1. The summed E-state index contributed by atoms with van der Waals surface area (Å²) < 4.78 is 5.12. The molecule has 1 aromatic carbocycles. The van der Waals surface area contributed by atoms with E-state index in [9.17, 15) is 14.4 Å². The van der Waals surface area contributed by atoms with Gasteiger partial charge in [-0.3, -0.25) is 4.79 Å². The number of isocyanates is 1. The normalized spacial score (nSPS) is 9.78. The van der Waals surface area contributed by atoms with E-state index < -0.39 is 11.9 Å². The predicted molar refractivity (Wildman–Crippen MR) is 81.2 cm³/mol. The predicted octanol–water partition coefficient (Wildman–Crippen LogP) is 3.28. The van der Waals surface area contributed by atoms with Gasteiger partial charge in [0.1, 0.15) is 11.3 Å². The van der Waals surface area contributed by atoms with Gasteiger partial charge in [-0.25, -0.2) is 9.59 Å². The molecule has 0 heterocycles. The first kappa shape index (κ1) is 18.4. The third kappa shape index (κ3) is 6.76. The lowest BCUT2D eigenvalue weighted by Gasteiger charge is -2.07. The molecule has 7 nitrogen and oxygen atoms in total. The fourth-order valence-corrected chi connectivity index (χ4v) is 1.94. The highest BCUT2D eigenvalue weighted by molar-refractivity contribution is 5.91. The molecule has 1 N–H and O–H groups in total. The van der Waals surface area contributed by atoms with Crippen molar-refractivity contribution in [1.82, 2.24) is 0 Å². The lowest BCUT2D eigenvalue weighted by atomic mass is 10.1. The monoisotopic (exact) mass is 321 g/mol. The van der Waals surface area contributed by atoms with Crippen molar-refractivity contribution in [2.45, 2.75) is 45.4 Å². The Labute approximate surface area is 133 Å². The standard InChI is InChI=1S/C16H19NO6/c1-2-3-4-5-6-7-15(19)22-12-8-9-13(16(20)21)14(10-12)23-17-11-18/h8-10H,2-7H2,1H3,(H,20,21). The molecule has 0 saturated heterocycles. The minimum absolute atomic E-state index is 0.129. The van der Waals surface area contributed by atoms with Crippen LogP contribution in [0.5, 0.6) is 11.5 Å². The molecule has 0 radical (unpaired) electrons. The SMILES string of the molecule is CCCCCCCC(=O)Oc1ccc(C(=O)O)c(ON=C=O)c1. The zero-order chi connectivity index (χ0) is 17.1. The Morgan fingerprint density at radius 2 is 1.96 bits per heavy atom. The van der Waals surface area contributed by atoms with Crippen molar-refractivity contribution < 1.29 is 29.1 Å². The maximum atomic E-state index is 11.7. The summed E-state index contributed by atoms with van der Waals surface area (Å²) in [5, 5.41) is 11.9. The summed E-state index contributed by atoms with van der Waals surface area (Å²) in [7, 11) is 0. The molecule has 0 atom stereocenters. The van der Waals surface area contributed by atoms with Crippen molar-refractivity contribution in [2.75, 3.05) is 0 Å². The second kappa shape index (κ2) is 10.1. The summed E-state index contributed by atoms with van der Waals surface area (Å²) >= 11 is 0. The smallest absolute Gasteiger partial charge is 0.339 e. The van der Waals surface area contributed by atoms with Crippen molar-refractivity contribution in [3.8, 4) is 11.5 Å². The average Bonchev–Trinajstić information content (AvgIpc) is 2.52. The first-order valence-electron chi connectivity index (χ1n) is 7.40. The molecule has 0 saturated carbocycles. The van der Waals surface area contributed by atoms with Crippen LogP contribution in [0.4, 0.5) is 0 Å². The third-order valence-corrected chi connectivity index (χ3v) is 3.08. The van der Waals surface area contributed by atoms with Crippen LogP contribution in [0, 0.1) is 0 Å². The van der Waals surface area contributed by atoms with E-state index in [1.54, 1.807) is 0 Å². The largest absolute Gasteiger partial charge is 0.478 e. The van der Waals surface area contributed by atoms with Gasteiger partial charge in [-0.05, 0) is 18.6 Å². The van der Waals surface area contributed by atoms with Crippen LogP contribution >= 0.6 is 0 Å². The van der Waals surface area contributed by atoms with Crippen LogP contribution in [-0.4, -0.2) is 23.1 Å². The van der Waals surface area contributed by atoms with Gasteiger partial charge in [-0.1, -0.05) is 32.6 Å². The average molecular weight is 321 g/mol. The molecule has 0 aromatic heterocycles. The Balaban J connectivity index is 2.64. The Morgan fingerprint density at radius 1 is 1.22 bits per heavy atom. The number of unbranched alkanes of at least 4 members (excludes halogenated alkanes) is 4. The highest BCUT2D eigenvalue weighted by atomic mass is 16.6. The number of rotatable bonds is 10. The van der Waals surface area contributed by atoms with Gasteiger partial charge in [0.15, 0.2) is 5.75 Å². The Hall–Kier alpha value is -2.66. The van der Waals surface area contributed by atoms with Gasteiger partial charge < -0.3 is 14.7 Å². The maximum Gasteiger partial charge on any atom is 0.339 e. The quantitative estimate of drug-likeness (QED) is 0.177. The molecule has 0 aliphatic carbocycles. The molecule has 124 valence electrons. The van der Waals surface area contributed by atoms with E-state index in [4.69, 9.17) is 9.84 Å². The number of benzene rings is 1. The van der Waals surface area contributed by atoms with Crippen molar-refractivity contribution in [2.24, 2.45) is 5.16 Å². The summed E-state index contributed by atoms with van der Waals surface area (Å²) in [4.78, 5) is 37.4. The number of nitrogens with zero attached hydrogens (tertiary/aromatic N) is 1. The van der Waals surface area contributed by atoms with E-state index in [-0.39, 0.29) is 23.5 Å². The number of hydrogen-bond acceptors (Lipinski definition) is 6. The fraction of sp³-hybridized carbons (Fsp3) is 0.438. The summed E-state index contributed by atoms with van der Waals surface area (Å²) in [6.45, 7) is 2.11. The molecule has 23 heavy (non-hydrogen) atoms. The topological polar surface area (TPSA) is 102 Å². The molecule has 7 heteroatoms. The zero-order valence-electron chi connectivity index (χ0n) is 12.9. The van der Waals surface area contributed by atoms with Crippen LogP contribution in [0.1, 0.15) is 55.8 Å². The lowest BCUT2D eigenvalue weighted by molar-refractivity contribution is -0.134. The molecular weight excluding hydrogens is 302 g/mol. The Morgan fingerprint density at radius 3 is 2.61 bits per heavy atom. The fourth-order valence-electron chi connectivity index (χ4n) is 1.94. The first-order chi connectivity index (χ1) is 11.1. The van der Waals surface area contributed by atoms with Gasteiger partial charge in [-0.2, -0.15) is 0 Å². The minimum Gasteiger partial charge on any atom is -0.478 e. The Bertz CT molecular complexity index is 592. The van der Waals surface area contributed by atoms with E-state index in [0.29, 0.717) is 0 Å². The van der Waals surface area contributed by atoms with Crippen LogP contribution in [0.3, 0.4) is 0 Å². The van der Waals surface area contributed by atoms with Crippen LogP contribution in [0.2, 0.25) is 0 Å². The van der Waals surface area contributed by atoms with Crippen LogP contribution < -0.4 is 9.57 Å². The molecule has 0 bridgehead atoms. The number of carbonyl (C=O) groups is 2. The van der Waals surface area contributed by atoms with Crippen molar-refractivity contribution in [3.63, 3.8) is 0 Å². The summed E-state index contributed by atoms with van der Waals surface area (Å²) in [5.41, 5.74) is -0.205. The molecular formula is C16H19NO6. The van der Waals surface area contributed by atoms with Gasteiger partial charge in [0.05, 0.1) is 0 Å². The number of carboxylic acids is 1. The van der Waals surface area contributed by atoms with Gasteiger partial charge in [0.25, 0.3) is 6.08 Å². The molecule has 0 unspecified atom stereocenters. The van der Waals surface area contributed by atoms with Crippen molar-refractivity contribution in [3.05, 3.63) is 23.8 Å². The molecule has 0 fully saturated rings. The van der Waals surface area contributed by atoms with Crippen molar-refractivity contribution in [1.29, 1.82) is 0 Å².